The van der Waals surface area contributed by atoms with E-state index in [0.29, 0.717) is 10.9 Å². The van der Waals surface area contributed by atoms with Gasteiger partial charge in [-0.1, -0.05) is 12.1 Å². The molecule has 0 atom stereocenters. The van der Waals surface area contributed by atoms with Crippen LogP contribution in [-0.4, -0.2) is 21.9 Å². The number of pyridine rings is 1. The summed E-state index contributed by atoms with van der Waals surface area (Å²) in [5.74, 6) is -0.675. The lowest BCUT2D eigenvalue weighted by atomic mass is 10.2. The van der Waals surface area contributed by atoms with Crippen LogP contribution in [0.25, 0.3) is 10.9 Å². The minimum atomic E-state index is -0.799. The molecule has 0 amide bonds. The van der Waals surface area contributed by atoms with Crippen molar-refractivity contribution < 1.29 is 9.72 Å². The van der Waals surface area contributed by atoms with E-state index in [2.05, 4.69) is 0 Å². The van der Waals surface area contributed by atoms with Crippen LogP contribution >= 0.6 is 0 Å². The smallest absolute Gasteiger partial charge is 0.289 e. The molecular formula is C11H8N2O4. The SMILES string of the molecule is O=C(C[N+](=O)[O-])n1ccc(=O)c2ccccc21. The highest BCUT2D eigenvalue weighted by Gasteiger charge is 2.13. The van der Waals surface area contributed by atoms with Crippen LogP contribution in [0.5, 0.6) is 0 Å². The van der Waals surface area contributed by atoms with Gasteiger partial charge in [-0.3, -0.25) is 24.3 Å². The van der Waals surface area contributed by atoms with E-state index >= 15 is 0 Å². The average Bonchev–Trinajstić information content (AvgIpc) is 2.29. The zero-order valence-electron chi connectivity index (χ0n) is 8.70. The number of hydrogen-bond acceptors (Lipinski definition) is 4. The van der Waals surface area contributed by atoms with Gasteiger partial charge in [0.25, 0.3) is 6.54 Å². The predicted molar refractivity (Wildman–Crippen MR) is 60.7 cm³/mol. The molecule has 0 saturated carbocycles. The normalized spacial score (nSPS) is 10.4. The van der Waals surface area contributed by atoms with Gasteiger partial charge in [-0.05, 0) is 12.1 Å². The molecule has 0 radical (unpaired) electrons. The van der Waals surface area contributed by atoms with Gasteiger partial charge in [0.05, 0.1) is 5.52 Å². The van der Waals surface area contributed by atoms with Gasteiger partial charge in [0.1, 0.15) is 0 Å². The van der Waals surface area contributed by atoms with Gasteiger partial charge >= 0.3 is 5.91 Å². The molecule has 0 bridgehead atoms. The van der Waals surface area contributed by atoms with Gasteiger partial charge in [0, 0.05) is 22.6 Å². The first-order valence-corrected chi connectivity index (χ1v) is 4.85. The average molecular weight is 232 g/mol. The summed E-state index contributed by atoms with van der Waals surface area (Å²) >= 11 is 0. The summed E-state index contributed by atoms with van der Waals surface area (Å²) in [5.41, 5.74) is 0.164. The maximum Gasteiger partial charge on any atom is 0.302 e. The first-order chi connectivity index (χ1) is 8.09. The van der Waals surface area contributed by atoms with Crippen LogP contribution in [0.2, 0.25) is 0 Å². The van der Waals surface area contributed by atoms with E-state index in [-0.39, 0.29) is 5.43 Å². The Bertz CT molecular complexity index is 660. The second kappa shape index (κ2) is 4.17. The van der Waals surface area contributed by atoms with E-state index in [0.717, 1.165) is 4.57 Å². The Balaban J connectivity index is 2.63. The highest BCUT2D eigenvalue weighted by molar-refractivity contribution is 5.91. The highest BCUT2D eigenvalue weighted by atomic mass is 16.6. The molecule has 0 unspecified atom stereocenters. The Labute approximate surface area is 95.2 Å². The summed E-state index contributed by atoms with van der Waals surface area (Å²) in [6.07, 6.45) is 1.26. The van der Waals surface area contributed by atoms with Crippen LogP contribution in [0.3, 0.4) is 0 Å². The van der Waals surface area contributed by atoms with E-state index in [9.17, 15) is 19.7 Å². The van der Waals surface area contributed by atoms with Gasteiger partial charge in [-0.2, -0.15) is 0 Å². The second-order valence-corrected chi connectivity index (χ2v) is 3.45. The lowest BCUT2D eigenvalue weighted by molar-refractivity contribution is -0.465. The Morgan fingerprint density at radius 1 is 1.29 bits per heavy atom. The van der Waals surface area contributed by atoms with Crippen molar-refractivity contribution in [3.63, 3.8) is 0 Å². The molecule has 2 aromatic rings. The summed E-state index contributed by atoms with van der Waals surface area (Å²) in [7, 11) is 0. The monoisotopic (exact) mass is 232 g/mol. The van der Waals surface area contributed by atoms with Crippen molar-refractivity contribution in [1.29, 1.82) is 0 Å². The Kier molecular flexibility index (Phi) is 2.70. The molecule has 6 nitrogen and oxygen atoms in total. The molecule has 0 saturated heterocycles. The number of para-hydroxylation sites is 1. The van der Waals surface area contributed by atoms with Crippen LogP contribution in [0, 0.1) is 10.1 Å². The topological polar surface area (TPSA) is 82.2 Å². The fourth-order valence-corrected chi connectivity index (χ4v) is 1.61. The fraction of sp³-hybridized carbons (Fsp3) is 0.0909. The number of nitrogens with zero attached hydrogens (tertiary/aromatic N) is 2. The summed E-state index contributed by atoms with van der Waals surface area (Å²) < 4.78 is 1.12. The number of rotatable bonds is 2. The lowest BCUT2D eigenvalue weighted by Gasteiger charge is -2.06. The largest absolute Gasteiger partial charge is 0.302 e. The highest BCUT2D eigenvalue weighted by Crippen LogP contribution is 2.09. The van der Waals surface area contributed by atoms with Crippen molar-refractivity contribution in [3.8, 4) is 0 Å². The summed E-state index contributed by atoms with van der Waals surface area (Å²) in [6.45, 7) is -0.799. The first kappa shape index (κ1) is 11.0. The van der Waals surface area contributed by atoms with Gasteiger partial charge in [-0.25, -0.2) is 0 Å². The van der Waals surface area contributed by atoms with Crippen LogP contribution in [0.15, 0.2) is 41.3 Å². The van der Waals surface area contributed by atoms with Gasteiger partial charge in [0.2, 0.25) is 0 Å². The zero-order chi connectivity index (χ0) is 12.4. The third kappa shape index (κ3) is 2.05. The molecule has 17 heavy (non-hydrogen) atoms. The predicted octanol–water partition coefficient (Wildman–Crippen LogP) is 0.918. The van der Waals surface area contributed by atoms with Crippen LogP contribution in [0.4, 0.5) is 0 Å². The molecular weight excluding hydrogens is 224 g/mol. The van der Waals surface area contributed by atoms with Crippen LogP contribution in [0.1, 0.15) is 4.79 Å². The quantitative estimate of drug-likeness (QED) is 0.569. The maximum atomic E-state index is 11.6. The number of benzene rings is 1. The van der Waals surface area contributed by atoms with Crippen molar-refractivity contribution in [2.75, 3.05) is 6.54 Å². The fourth-order valence-electron chi connectivity index (χ4n) is 1.61. The maximum absolute atomic E-state index is 11.6. The van der Waals surface area contributed by atoms with Gasteiger partial charge < -0.3 is 0 Å². The van der Waals surface area contributed by atoms with Gasteiger partial charge in [0.15, 0.2) is 5.43 Å². The van der Waals surface area contributed by atoms with E-state index in [1.54, 1.807) is 24.3 Å². The van der Waals surface area contributed by atoms with E-state index in [1.807, 2.05) is 0 Å². The lowest BCUT2D eigenvalue weighted by Crippen LogP contribution is -2.22. The van der Waals surface area contributed by atoms with Crippen LogP contribution in [-0.2, 0) is 0 Å². The number of fused-ring (bicyclic) bond motifs is 1. The molecule has 1 heterocycles. The standard InChI is InChI=1S/C11H8N2O4/c14-10-5-6-12(11(15)7-13(16)17)9-4-2-1-3-8(9)10/h1-6H,7H2. The summed E-state index contributed by atoms with van der Waals surface area (Å²) in [5, 5.41) is 10.7. The molecule has 1 aromatic heterocycles. The van der Waals surface area contributed by atoms with Crippen molar-refractivity contribution in [1.82, 2.24) is 4.57 Å². The van der Waals surface area contributed by atoms with Gasteiger partial charge in [-0.15, -0.1) is 0 Å². The number of carbonyl (C=O) groups excluding carboxylic acids is 1. The van der Waals surface area contributed by atoms with E-state index < -0.39 is 17.4 Å². The van der Waals surface area contributed by atoms with Crippen molar-refractivity contribution in [2.24, 2.45) is 0 Å². The first-order valence-electron chi connectivity index (χ1n) is 4.85. The second-order valence-electron chi connectivity index (χ2n) is 3.45. The Hall–Kier alpha value is -2.50. The Morgan fingerprint density at radius 3 is 2.71 bits per heavy atom. The molecule has 86 valence electrons. The number of nitro groups is 1. The van der Waals surface area contributed by atoms with E-state index in [4.69, 9.17) is 0 Å². The summed E-state index contributed by atoms with van der Waals surface area (Å²) in [4.78, 5) is 32.7. The molecule has 2 rings (SSSR count). The molecule has 0 aliphatic heterocycles. The third-order valence-electron chi connectivity index (χ3n) is 2.34. The third-order valence-corrected chi connectivity index (χ3v) is 2.34. The molecule has 0 spiro atoms. The number of carbonyl (C=O) groups is 1. The van der Waals surface area contributed by atoms with Crippen molar-refractivity contribution in [2.45, 2.75) is 0 Å². The Morgan fingerprint density at radius 2 is 2.00 bits per heavy atom. The zero-order valence-corrected chi connectivity index (χ0v) is 8.70. The minimum absolute atomic E-state index is 0.217. The molecule has 1 aromatic carbocycles. The number of aromatic nitrogens is 1. The number of hydrogen-bond donors (Lipinski definition) is 0. The molecule has 0 fully saturated rings. The summed E-state index contributed by atoms with van der Waals surface area (Å²) in [6, 6.07) is 7.71. The van der Waals surface area contributed by atoms with E-state index in [1.165, 1.54) is 12.3 Å². The van der Waals surface area contributed by atoms with Crippen molar-refractivity contribution in [3.05, 3.63) is 56.9 Å². The molecule has 0 aliphatic carbocycles. The van der Waals surface area contributed by atoms with Crippen molar-refractivity contribution >= 4 is 16.8 Å². The molecule has 6 heteroatoms. The van der Waals surface area contributed by atoms with Crippen LogP contribution < -0.4 is 5.43 Å². The minimum Gasteiger partial charge on any atom is -0.289 e. The molecule has 0 N–H and O–H groups in total. The molecule has 0 aliphatic rings.